The lowest BCUT2D eigenvalue weighted by Gasteiger charge is -2.06. The zero-order valence-electron chi connectivity index (χ0n) is 10.9. The predicted molar refractivity (Wildman–Crippen MR) is 69.0 cm³/mol. The molecule has 0 aliphatic heterocycles. The van der Waals surface area contributed by atoms with Crippen LogP contribution in [0.25, 0.3) is 0 Å². The predicted octanol–water partition coefficient (Wildman–Crippen LogP) is 2.90. The highest BCUT2D eigenvalue weighted by Gasteiger charge is 2.32. The molecule has 0 unspecified atom stereocenters. The summed E-state index contributed by atoms with van der Waals surface area (Å²) in [6, 6.07) is 4.40. The molecule has 0 saturated heterocycles. The summed E-state index contributed by atoms with van der Waals surface area (Å²) in [6.45, 7) is 0.0148. The maximum absolute atomic E-state index is 12.5. The number of nitro benzene ring substituents is 1. The number of halogens is 3. The lowest BCUT2D eigenvalue weighted by atomic mass is 10.1. The highest BCUT2D eigenvalue weighted by atomic mass is 19.4. The normalized spacial score (nSPS) is 11.4. The van der Waals surface area contributed by atoms with Crippen molar-refractivity contribution in [3.63, 3.8) is 0 Å². The van der Waals surface area contributed by atoms with Crippen molar-refractivity contribution in [2.45, 2.75) is 12.7 Å². The number of rotatable bonds is 4. The number of aromatic nitrogens is 2. The second-order valence-corrected chi connectivity index (χ2v) is 4.28. The van der Waals surface area contributed by atoms with E-state index in [2.05, 4.69) is 10.4 Å². The molecule has 0 atom stereocenters. The molecule has 1 aromatic carbocycles. The van der Waals surface area contributed by atoms with Crippen LogP contribution in [0.4, 0.5) is 24.5 Å². The lowest BCUT2D eigenvalue weighted by Crippen LogP contribution is -2.04. The van der Waals surface area contributed by atoms with Crippen LogP contribution in [0.5, 0.6) is 0 Å². The number of anilines is 1. The molecule has 21 heavy (non-hydrogen) atoms. The maximum atomic E-state index is 12.5. The third-order valence-electron chi connectivity index (χ3n) is 2.83. The molecule has 9 heteroatoms. The van der Waals surface area contributed by atoms with E-state index in [9.17, 15) is 23.3 Å². The van der Waals surface area contributed by atoms with Crippen molar-refractivity contribution in [3.05, 3.63) is 51.8 Å². The van der Waals surface area contributed by atoms with E-state index in [1.54, 1.807) is 13.1 Å². The first-order chi connectivity index (χ1) is 9.81. The highest BCUT2D eigenvalue weighted by molar-refractivity contribution is 5.62. The van der Waals surface area contributed by atoms with Gasteiger partial charge >= 0.3 is 6.18 Å². The summed E-state index contributed by atoms with van der Waals surface area (Å²) in [5.41, 5.74) is -0.181. The number of hydrogen-bond acceptors (Lipinski definition) is 4. The van der Waals surface area contributed by atoms with Gasteiger partial charge in [-0.05, 0) is 11.6 Å². The van der Waals surface area contributed by atoms with Gasteiger partial charge in [-0.1, -0.05) is 6.07 Å². The van der Waals surface area contributed by atoms with Crippen molar-refractivity contribution < 1.29 is 18.1 Å². The Labute approximate surface area is 117 Å². The Bertz CT molecular complexity index is 667. The maximum Gasteiger partial charge on any atom is 0.419 e. The second kappa shape index (κ2) is 5.43. The number of alkyl halides is 3. The summed E-state index contributed by atoms with van der Waals surface area (Å²) in [7, 11) is 1.55. The number of nitrogens with zero attached hydrogens (tertiary/aromatic N) is 3. The molecular weight excluding hydrogens is 289 g/mol. The smallest absolute Gasteiger partial charge is 0.383 e. The third-order valence-corrected chi connectivity index (χ3v) is 2.83. The zero-order chi connectivity index (χ0) is 15.6. The molecule has 0 bridgehead atoms. The van der Waals surface area contributed by atoms with Gasteiger partial charge < -0.3 is 5.32 Å². The van der Waals surface area contributed by atoms with Crippen molar-refractivity contribution in [3.8, 4) is 0 Å². The first-order valence-electron chi connectivity index (χ1n) is 5.86. The molecule has 0 radical (unpaired) electrons. The van der Waals surface area contributed by atoms with Gasteiger partial charge in [-0.2, -0.15) is 18.3 Å². The highest BCUT2D eigenvalue weighted by Crippen LogP contribution is 2.29. The molecule has 0 amide bonds. The molecule has 2 rings (SSSR count). The SMILES string of the molecule is CNc1ccc(Cn2cc(C(F)(F)F)cn2)cc1[N+](=O)[O-]. The van der Waals surface area contributed by atoms with Crippen LogP contribution in [0.1, 0.15) is 11.1 Å². The Balaban J connectivity index is 2.26. The van der Waals surface area contributed by atoms with Crippen molar-refractivity contribution in [2.75, 3.05) is 12.4 Å². The quantitative estimate of drug-likeness (QED) is 0.696. The summed E-state index contributed by atoms with van der Waals surface area (Å²) in [5, 5.41) is 17.2. The Hall–Kier alpha value is -2.58. The van der Waals surface area contributed by atoms with Gasteiger partial charge in [-0.15, -0.1) is 0 Å². The fraction of sp³-hybridized carbons (Fsp3) is 0.250. The Morgan fingerprint density at radius 1 is 1.43 bits per heavy atom. The van der Waals surface area contributed by atoms with Crippen LogP contribution >= 0.6 is 0 Å². The molecule has 112 valence electrons. The van der Waals surface area contributed by atoms with Crippen LogP contribution < -0.4 is 5.32 Å². The fourth-order valence-corrected chi connectivity index (χ4v) is 1.82. The largest absolute Gasteiger partial charge is 0.419 e. The van der Waals surface area contributed by atoms with E-state index in [1.165, 1.54) is 12.1 Å². The van der Waals surface area contributed by atoms with E-state index >= 15 is 0 Å². The molecule has 1 aromatic heterocycles. The van der Waals surface area contributed by atoms with Crippen molar-refractivity contribution >= 4 is 11.4 Å². The second-order valence-electron chi connectivity index (χ2n) is 4.28. The summed E-state index contributed by atoms with van der Waals surface area (Å²) in [5.74, 6) is 0. The van der Waals surface area contributed by atoms with E-state index in [0.29, 0.717) is 11.3 Å². The van der Waals surface area contributed by atoms with E-state index in [-0.39, 0.29) is 12.2 Å². The van der Waals surface area contributed by atoms with Gasteiger partial charge in [0.05, 0.1) is 23.2 Å². The van der Waals surface area contributed by atoms with E-state index < -0.39 is 16.7 Å². The number of hydrogen-bond donors (Lipinski definition) is 1. The monoisotopic (exact) mass is 300 g/mol. The van der Waals surface area contributed by atoms with Gasteiger partial charge in [0.25, 0.3) is 5.69 Å². The fourth-order valence-electron chi connectivity index (χ4n) is 1.82. The topological polar surface area (TPSA) is 73.0 Å². The van der Waals surface area contributed by atoms with Crippen LogP contribution in [-0.4, -0.2) is 21.8 Å². The Morgan fingerprint density at radius 2 is 2.14 bits per heavy atom. The van der Waals surface area contributed by atoms with E-state index in [4.69, 9.17) is 0 Å². The standard InChI is InChI=1S/C12H11F3N4O2/c1-16-10-3-2-8(4-11(10)19(20)21)6-18-7-9(5-17-18)12(13,14)15/h2-5,7,16H,6H2,1H3. The molecule has 1 heterocycles. The van der Waals surface area contributed by atoms with Gasteiger partial charge in [-0.25, -0.2) is 0 Å². The van der Waals surface area contributed by atoms with Crippen molar-refractivity contribution in [2.24, 2.45) is 0 Å². The third kappa shape index (κ3) is 3.30. The summed E-state index contributed by atoms with van der Waals surface area (Å²) in [6.07, 6.45) is -2.88. The van der Waals surface area contributed by atoms with E-state index in [0.717, 1.165) is 17.1 Å². The molecule has 1 N–H and O–H groups in total. The number of nitrogens with one attached hydrogen (secondary N) is 1. The average molecular weight is 300 g/mol. The molecule has 0 aliphatic carbocycles. The molecule has 2 aromatic rings. The van der Waals surface area contributed by atoms with Crippen LogP contribution in [-0.2, 0) is 12.7 Å². The van der Waals surface area contributed by atoms with Crippen molar-refractivity contribution in [1.29, 1.82) is 0 Å². The van der Waals surface area contributed by atoms with Crippen LogP contribution in [0.15, 0.2) is 30.6 Å². The van der Waals surface area contributed by atoms with Gasteiger partial charge in [0.1, 0.15) is 5.69 Å². The van der Waals surface area contributed by atoms with Gasteiger partial charge in [0.2, 0.25) is 0 Å². The minimum atomic E-state index is -4.46. The van der Waals surface area contributed by atoms with Gasteiger partial charge in [-0.3, -0.25) is 14.8 Å². The van der Waals surface area contributed by atoms with Crippen LogP contribution in [0.3, 0.4) is 0 Å². The number of nitro groups is 1. The minimum Gasteiger partial charge on any atom is -0.383 e. The summed E-state index contributed by atoms with van der Waals surface area (Å²) < 4.78 is 38.5. The zero-order valence-corrected chi connectivity index (χ0v) is 10.9. The first kappa shape index (κ1) is 14.8. The average Bonchev–Trinajstić information content (AvgIpc) is 2.87. The molecule has 0 spiro atoms. The van der Waals surface area contributed by atoms with E-state index in [1.807, 2.05) is 0 Å². The van der Waals surface area contributed by atoms with Crippen molar-refractivity contribution in [1.82, 2.24) is 9.78 Å². The molecule has 6 nitrogen and oxygen atoms in total. The summed E-state index contributed by atoms with van der Waals surface area (Å²) >= 11 is 0. The minimum absolute atomic E-state index is 0.0148. The number of benzene rings is 1. The summed E-state index contributed by atoms with van der Waals surface area (Å²) in [4.78, 5) is 10.4. The molecule has 0 fully saturated rings. The van der Waals surface area contributed by atoms with Crippen LogP contribution in [0, 0.1) is 10.1 Å². The molecular formula is C12H11F3N4O2. The Morgan fingerprint density at radius 3 is 2.67 bits per heavy atom. The Kier molecular flexibility index (Phi) is 3.83. The molecule has 0 aliphatic rings. The molecule has 0 saturated carbocycles. The van der Waals surface area contributed by atoms with Crippen LogP contribution in [0.2, 0.25) is 0 Å². The van der Waals surface area contributed by atoms with Gasteiger partial charge in [0.15, 0.2) is 0 Å². The first-order valence-corrected chi connectivity index (χ1v) is 5.86. The van der Waals surface area contributed by atoms with Gasteiger partial charge in [0, 0.05) is 19.3 Å². The lowest BCUT2D eigenvalue weighted by molar-refractivity contribution is -0.384.